The monoisotopic (exact) mass is 473 g/mol. The van der Waals surface area contributed by atoms with Gasteiger partial charge in [0, 0.05) is 16.8 Å². The molecule has 3 aromatic rings. The maximum absolute atomic E-state index is 14.1. The minimum absolute atomic E-state index is 0.0468. The molecule has 1 N–H and O–H groups in total. The van der Waals surface area contributed by atoms with Crippen molar-refractivity contribution >= 4 is 23.1 Å². The van der Waals surface area contributed by atoms with Crippen molar-refractivity contribution in [2.75, 3.05) is 11.5 Å². The first-order valence-corrected chi connectivity index (χ1v) is 11.5. The topological polar surface area (TPSA) is 66.8 Å². The SMILES string of the molecule is CCOc1ccc(/C(O)=C2/C(=O)C(=O)N(c3cccc(F)c3)C2c2ccccc2)cc1C(C)(C)C. The normalized spacial score (nSPS) is 17.6. The Bertz CT molecular complexity index is 1310. The summed E-state index contributed by atoms with van der Waals surface area (Å²) in [5.41, 5.74) is 1.78. The molecule has 4 rings (SSSR count). The van der Waals surface area contributed by atoms with Crippen molar-refractivity contribution in [1.29, 1.82) is 0 Å². The number of aliphatic hydroxyl groups excluding tert-OH is 1. The molecule has 0 saturated carbocycles. The lowest BCUT2D eigenvalue weighted by Gasteiger charge is -2.26. The van der Waals surface area contributed by atoms with Crippen LogP contribution in [0.15, 0.2) is 78.4 Å². The number of benzene rings is 3. The summed E-state index contributed by atoms with van der Waals surface area (Å²) >= 11 is 0. The Hall–Kier alpha value is -3.93. The Morgan fingerprint density at radius 1 is 1.00 bits per heavy atom. The van der Waals surface area contributed by atoms with Gasteiger partial charge in [-0.1, -0.05) is 57.2 Å². The number of ketones is 1. The van der Waals surface area contributed by atoms with Gasteiger partial charge in [0.25, 0.3) is 11.7 Å². The quantitative estimate of drug-likeness (QED) is 0.274. The highest BCUT2D eigenvalue weighted by atomic mass is 19.1. The van der Waals surface area contributed by atoms with Crippen LogP contribution in [0.3, 0.4) is 0 Å². The Morgan fingerprint density at radius 3 is 2.34 bits per heavy atom. The predicted octanol–water partition coefficient (Wildman–Crippen LogP) is 6.15. The average molecular weight is 474 g/mol. The van der Waals surface area contributed by atoms with Crippen LogP contribution in [0.1, 0.15) is 50.4 Å². The van der Waals surface area contributed by atoms with Crippen LogP contribution in [0.4, 0.5) is 10.1 Å². The highest BCUT2D eigenvalue weighted by Crippen LogP contribution is 2.43. The number of ether oxygens (including phenoxy) is 1. The first-order valence-electron chi connectivity index (χ1n) is 11.5. The molecule has 0 radical (unpaired) electrons. The van der Waals surface area contributed by atoms with E-state index in [1.165, 1.54) is 23.1 Å². The zero-order chi connectivity index (χ0) is 25.3. The largest absolute Gasteiger partial charge is 0.507 e. The number of aliphatic hydroxyl groups is 1. The molecular formula is C29H28FNO4. The van der Waals surface area contributed by atoms with E-state index in [0.29, 0.717) is 23.5 Å². The fourth-order valence-corrected chi connectivity index (χ4v) is 4.38. The number of amides is 1. The van der Waals surface area contributed by atoms with E-state index in [2.05, 4.69) is 0 Å². The number of carbonyl (C=O) groups excluding carboxylic acids is 2. The van der Waals surface area contributed by atoms with Crippen molar-refractivity contribution in [2.24, 2.45) is 0 Å². The Balaban J connectivity index is 1.94. The molecule has 1 atom stereocenters. The number of halogens is 1. The van der Waals surface area contributed by atoms with Crippen molar-refractivity contribution in [3.8, 4) is 5.75 Å². The summed E-state index contributed by atoms with van der Waals surface area (Å²) in [5.74, 6) is -1.78. The van der Waals surface area contributed by atoms with Crippen LogP contribution in [0, 0.1) is 5.82 Å². The highest BCUT2D eigenvalue weighted by Gasteiger charge is 2.47. The summed E-state index contributed by atoms with van der Waals surface area (Å²) in [6.07, 6.45) is 0. The summed E-state index contributed by atoms with van der Waals surface area (Å²) in [5, 5.41) is 11.4. The minimum atomic E-state index is -0.914. The Labute approximate surface area is 204 Å². The fourth-order valence-electron chi connectivity index (χ4n) is 4.38. The number of rotatable bonds is 5. The van der Waals surface area contributed by atoms with Gasteiger partial charge in [0.15, 0.2) is 0 Å². The van der Waals surface area contributed by atoms with E-state index in [9.17, 15) is 19.1 Å². The van der Waals surface area contributed by atoms with Gasteiger partial charge in [-0.05, 0) is 54.3 Å². The van der Waals surface area contributed by atoms with Crippen molar-refractivity contribution in [3.63, 3.8) is 0 Å². The second kappa shape index (κ2) is 9.37. The van der Waals surface area contributed by atoms with E-state index >= 15 is 0 Å². The van der Waals surface area contributed by atoms with Crippen LogP contribution in [-0.2, 0) is 15.0 Å². The summed E-state index contributed by atoms with van der Waals surface area (Å²) in [4.78, 5) is 27.7. The molecule has 35 heavy (non-hydrogen) atoms. The molecule has 1 heterocycles. The highest BCUT2D eigenvalue weighted by molar-refractivity contribution is 6.51. The lowest BCUT2D eigenvalue weighted by molar-refractivity contribution is -0.132. The molecule has 1 amide bonds. The van der Waals surface area contributed by atoms with Gasteiger partial charge in [-0.25, -0.2) is 4.39 Å². The van der Waals surface area contributed by atoms with E-state index in [1.54, 1.807) is 48.5 Å². The smallest absolute Gasteiger partial charge is 0.300 e. The third-order valence-electron chi connectivity index (χ3n) is 6.01. The van der Waals surface area contributed by atoms with E-state index in [0.717, 1.165) is 5.56 Å². The molecule has 6 heteroatoms. The molecule has 0 aliphatic carbocycles. The number of anilines is 1. The molecule has 0 spiro atoms. The number of hydrogen-bond acceptors (Lipinski definition) is 4. The number of carbonyl (C=O) groups is 2. The Kier molecular flexibility index (Phi) is 6.48. The van der Waals surface area contributed by atoms with Gasteiger partial charge in [-0.3, -0.25) is 14.5 Å². The zero-order valence-corrected chi connectivity index (χ0v) is 20.2. The van der Waals surface area contributed by atoms with Crippen molar-refractivity contribution < 1.29 is 23.8 Å². The van der Waals surface area contributed by atoms with Crippen LogP contribution in [0.5, 0.6) is 5.75 Å². The van der Waals surface area contributed by atoms with Crippen LogP contribution < -0.4 is 9.64 Å². The average Bonchev–Trinajstić information content (AvgIpc) is 3.09. The Morgan fingerprint density at radius 2 is 1.71 bits per heavy atom. The van der Waals surface area contributed by atoms with E-state index in [4.69, 9.17) is 4.74 Å². The zero-order valence-electron chi connectivity index (χ0n) is 20.2. The summed E-state index contributed by atoms with van der Waals surface area (Å²) in [6, 6.07) is 18.8. The number of Topliss-reactive ketones (excluding diaryl/α,β-unsaturated/α-hetero) is 1. The lowest BCUT2D eigenvalue weighted by Crippen LogP contribution is -2.29. The van der Waals surface area contributed by atoms with Crippen LogP contribution in [0.25, 0.3) is 5.76 Å². The molecule has 1 saturated heterocycles. The summed E-state index contributed by atoms with van der Waals surface area (Å²) in [7, 11) is 0. The third-order valence-corrected chi connectivity index (χ3v) is 6.01. The van der Waals surface area contributed by atoms with Gasteiger partial charge in [0.05, 0.1) is 18.2 Å². The molecule has 180 valence electrons. The van der Waals surface area contributed by atoms with Crippen molar-refractivity contribution in [2.45, 2.75) is 39.2 Å². The minimum Gasteiger partial charge on any atom is -0.507 e. The number of nitrogens with zero attached hydrogens (tertiary/aromatic N) is 1. The van der Waals surface area contributed by atoms with E-state index < -0.39 is 23.5 Å². The fraction of sp³-hybridized carbons (Fsp3) is 0.241. The number of hydrogen-bond donors (Lipinski definition) is 1. The molecule has 1 aliphatic heterocycles. The first kappa shape index (κ1) is 24.2. The molecule has 1 unspecified atom stereocenters. The summed E-state index contributed by atoms with van der Waals surface area (Å²) in [6.45, 7) is 8.47. The van der Waals surface area contributed by atoms with Gasteiger partial charge < -0.3 is 9.84 Å². The van der Waals surface area contributed by atoms with Gasteiger partial charge in [0.1, 0.15) is 17.3 Å². The molecule has 0 aromatic heterocycles. The van der Waals surface area contributed by atoms with Gasteiger partial charge >= 0.3 is 0 Å². The van der Waals surface area contributed by atoms with Crippen LogP contribution in [0.2, 0.25) is 0 Å². The van der Waals surface area contributed by atoms with Crippen LogP contribution >= 0.6 is 0 Å². The van der Waals surface area contributed by atoms with Crippen molar-refractivity contribution in [3.05, 3.63) is 101 Å². The molecule has 3 aromatic carbocycles. The molecule has 0 bridgehead atoms. The molecular weight excluding hydrogens is 445 g/mol. The van der Waals surface area contributed by atoms with E-state index in [-0.39, 0.29) is 22.4 Å². The van der Waals surface area contributed by atoms with Gasteiger partial charge in [-0.2, -0.15) is 0 Å². The van der Waals surface area contributed by atoms with Gasteiger partial charge in [-0.15, -0.1) is 0 Å². The maximum atomic E-state index is 14.1. The maximum Gasteiger partial charge on any atom is 0.300 e. The molecule has 1 aliphatic rings. The molecule has 5 nitrogen and oxygen atoms in total. The van der Waals surface area contributed by atoms with Crippen molar-refractivity contribution in [1.82, 2.24) is 0 Å². The van der Waals surface area contributed by atoms with Crippen LogP contribution in [-0.4, -0.2) is 23.4 Å². The predicted molar refractivity (Wildman–Crippen MR) is 134 cm³/mol. The van der Waals surface area contributed by atoms with E-state index in [1.807, 2.05) is 33.8 Å². The van der Waals surface area contributed by atoms with Gasteiger partial charge in [0.2, 0.25) is 0 Å². The molecule has 1 fully saturated rings. The third kappa shape index (κ3) is 4.56. The first-order chi connectivity index (χ1) is 16.6. The second-order valence-corrected chi connectivity index (χ2v) is 9.45. The lowest BCUT2D eigenvalue weighted by atomic mass is 9.84. The summed E-state index contributed by atoms with van der Waals surface area (Å²) < 4.78 is 19.8. The second-order valence-electron chi connectivity index (χ2n) is 9.45. The standard InChI is InChI=1S/C29H28FNO4/c1-5-35-23-15-14-19(16-22(23)29(2,3)4)26(32)24-25(18-10-7-6-8-11-18)31(28(34)27(24)33)21-13-9-12-20(30)17-21/h6-17,25,32H,5H2,1-4H3/b26-24-.